The maximum absolute atomic E-state index is 11.2. The standard InChI is InChI=1S/C17H23N3O2/c1-4-14(5-2)17-16(12-21)18-19-20(17)9-10-22-15-8-6-7-13(3)11-15/h6-8,11-12,14H,4-5,9-10H2,1-3H3. The van der Waals surface area contributed by atoms with Crippen LogP contribution in [0.2, 0.25) is 0 Å². The van der Waals surface area contributed by atoms with Gasteiger partial charge in [0.15, 0.2) is 6.29 Å². The van der Waals surface area contributed by atoms with Crippen molar-refractivity contribution in [2.75, 3.05) is 6.61 Å². The van der Waals surface area contributed by atoms with E-state index in [1.54, 1.807) is 4.68 Å². The third-order valence-corrected chi connectivity index (χ3v) is 3.85. The highest BCUT2D eigenvalue weighted by Gasteiger charge is 2.19. The number of hydrogen-bond donors (Lipinski definition) is 0. The molecule has 118 valence electrons. The molecule has 0 aliphatic carbocycles. The number of aromatic nitrogens is 3. The van der Waals surface area contributed by atoms with Crippen LogP contribution in [0.5, 0.6) is 5.75 Å². The van der Waals surface area contributed by atoms with Gasteiger partial charge >= 0.3 is 0 Å². The molecule has 0 unspecified atom stereocenters. The van der Waals surface area contributed by atoms with Crippen molar-refractivity contribution in [3.63, 3.8) is 0 Å². The predicted molar refractivity (Wildman–Crippen MR) is 85.4 cm³/mol. The second-order valence-electron chi connectivity index (χ2n) is 5.38. The maximum atomic E-state index is 11.2. The summed E-state index contributed by atoms with van der Waals surface area (Å²) in [5, 5.41) is 8.09. The fourth-order valence-corrected chi connectivity index (χ4v) is 2.63. The van der Waals surface area contributed by atoms with Gasteiger partial charge in [-0.15, -0.1) is 5.10 Å². The van der Waals surface area contributed by atoms with Crippen molar-refractivity contribution in [1.82, 2.24) is 15.0 Å². The number of nitrogens with zero attached hydrogens (tertiary/aromatic N) is 3. The predicted octanol–water partition coefficient (Wildman–Crippen LogP) is 3.38. The molecule has 1 heterocycles. The molecule has 2 rings (SSSR count). The Morgan fingerprint density at radius 1 is 1.32 bits per heavy atom. The van der Waals surface area contributed by atoms with Gasteiger partial charge in [-0.25, -0.2) is 4.68 Å². The summed E-state index contributed by atoms with van der Waals surface area (Å²) in [5.41, 5.74) is 2.54. The van der Waals surface area contributed by atoms with Crippen LogP contribution in [0.4, 0.5) is 0 Å². The van der Waals surface area contributed by atoms with E-state index in [9.17, 15) is 4.79 Å². The molecule has 0 N–H and O–H groups in total. The molecule has 0 aliphatic rings. The largest absolute Gasteiger partial charge is 0.492 e. The normalized spacial score (nSPS) is 10.9. The zero-order valence-electron chi connectivity index (χ0n) is 13.5. The Kier molecular flexibility index (Phi) is 5.69. The number of aryl methyl sites for hydroxylation is 1. The third kappa shape index (κ3) is 3.72. The average Bonchev–Trinajstić information content (AvgIpc) is 2.92. The minimum atomic E-state index is 0.300. The lowest BCUT2D eigenvalue weighted by atomic mass is 9.98. The van der Waals surface area contributed by atoms with E-state index in [1.165, 1.54) is 5.56 Å². The quantitative estimate of drug-likeness (QED) is 0.701. The summed E-state index contributed by atoms with van der Waals surface area (Å²) in [4.78, 5) is 11.2. The Balaban J connectivity index is 2.06. The zero-order valence-corrected chi connectivity index (χ0v) is 13.5. The summed E-state index contributed by atoms with van der Waals surface area (Å²) >= 11 is 0. The molecule has 1 aromatic heterocycles. The Morgan fingerprint density at radius 3 is 2.73 bits per heavy atom. The summed E-state index contributed by atoms with van der Waals surface area (Å²) in [5.74, 6) is 1.15. The lowest BCUT2D eigenvalue weighted by Gasteiger charge is -2.15. The zero-order chi connectivity index (χ0) is 15.9. The molecule has 2 aromatic rings. The highest BCUT2D eigenvalue weighted by atomic mass is 16.5. The second-order valence-corrected chi connectivity index (χ2v) is 5.38. The van der Waals surface area contributed by atoms with Crippen molar-refractivity contribution in [3.8, 4) is 5.75 Å². The van der Waals surface area contributed by atoms with Crippen LogP contribution in [-0.4, -0.2) is 27.9 Å². The summed E-state index contributed by atoms with van der Waals surface area (Å²) < 4.78 is 7.56. The van der Waals surface area contributed by atoms with Gasteiger partial charge in [0.25, 0.3) is 0 Å². The number of carbonyl (C=O) groups excluding carboxylic acids is 1. The first-order valence-electron chi connectivity index (χ1n) is 7.77. The molecular formula is C17H23N3O2. The van der Waals surface area contributed by atoms with Gasteiger partial charge in [-0.2, -0.15) is 0 Å². The first kappa shape index (κ1) is 16.2. The van der Waals surface area contributed by atoms with Crippen molar-refractivity contribution in [2.45, 2.75) is 46.1 Å². The topological polar surface area (TPSA) is 57.0 Å². The molecule has 5 nitrogen and oxygen atoms in total. The SMILES string of the molecule is CCC(CC)c1c(C=O)nnn1CCOc1cccc(C)c1. The molecular weight excluding hydrogens is 278 g/mol. The molecule has 0 radical (unpaired) electrons. The van der Waals surface area contributed by atoms with Crippen LogP contribution >= 0.6 is 0 Å². The van der Waals surface area contributed by atoms with Crippen molar-refractivity contribution in [2.24, 2.45) is 0 Å². The highest BCUT2D eigenvalue weighted by molar-refractivity contribution is 5.73. The second kappa shape index (κ2) is 7.73. The van der Waals surface area contributed by atoms with Crippen LogP contribution in [-0.2, 0) is 6.54 Å². The summed E-state index contributed by atoms with van der Waals surface area (Å²) in [6.07, 6.45) is 2.71. The summed E-state index contributed by atoms with van der Waals surface area (Å²) in [7, 11) is 0. The first-order chi connectivity index (χ1) is 10.7. The first-order valence-corrected chi connectivity index (χ1v) is 7.77. The van der Waals surface area contributed by atoms with Crippen LogP contribution in [0.15, 0.2) is 24.3 Å². The van der Waals surface area contributed by atoms with Crippen LogP contribution < -0.4 is 4.74 Å². The smallest absolute Gasteiger partial charge is 0.172 e. The van der Waals surface area contributed by atoms with Gasteiger partial charge in [-0.1, -0.05) is 31.2 Å². The van der Waals surface area contributed by atoms with Crippen LogP contribution in [0.3, 0.4) is 0 Å². The summed E-state index contributed by atoms with van der Waals surface area (Å²) in [6, 6.07) is 7.94. The van der Waals surface area contributed by atoms with E-state index in [0.29, 0.717) is 24.8 Å². The van der Waals surface area contributed by atoms with Crippen molar-refractivity contribution < 1.29 is 9.53 Å². The van der Waals surface area contributed by atoms with E-state index >= 15 is 0 Å². The van der Waals surface area contributed by atoms with Crippen molar-refractivity contribution in [3.05, 3.63) is 41.2 Å². The highest BCUT2D eigenvalue weighted by Crippen LogP contribution is 2.24. The van der Waals surface area contributed by atoms with Crippen LogP contribution in [0, 0.1) is 6.92 Å². The van der Waals surface area contributed by atoms with E-state index in [1.807, 2.05) is 31.2 Å². The monoisotopic (exact) mass is 301 g/mol. The lowest BCUT2D eigenvalue weighted by Crippen LogP contribution is -2.15. The molecule has 1 aromatic carbocycles. The number of ether oxygens (including phenoxy) is 1. The molecule has 0 saturated carbocycles. The van der Waals surface area contributed by atoms with Crippen LogP contribution in [0.25, 0.3) is 0 Å². The number of rotatable bonds is 8. The molecule has 0 fully saturated rings. The van der Waals surface area contributed by atoms with E-state index in [2.05, 4.69) is 24.2 Å². The van der Waals surface area contributed by atoms with Crippen LogP contribution in [0.1, 0.15) is 54.4 Å². The van der Waals surface area contributed by atoms with E-state index in [4.69, 9.17) is 4.74 Å². The van der Waals surface area contributed by atoms with Gasteiger partial charge in [-0.3, -0.25) is 4.79 Å². The Morgan fingerprint density at radius 2 is 2.09 bits per heavy atom. The number of aldehydes is 1. The van der Waals surface area contributed by atoms with Crippen molar-refractivity contribution >= 4 is 6.29 Å². The summed E-state index contributed by atoms with van der Waals surface area (Å²) in [6.45, 7) is 7.34. The van der Waals surface area contributed by atoms with Gasteiger partial charge in [0.05, 0.1) is 12.2 Å². The van der Waals surface area contributed by atoms with Gasteiger partial charge < -0.3 is 4.74 Å². The van der Waals surface area contributed by atoms with E-state index in [-0.39, 0.29) is 0 Å². The van der Waals surface area contributed by atoms with Gasteiger partial charge in [0.1, 0.15) is 18.1 Å². The molecule has 0 amide bonds. The van der Waals surface area contributed by atoms with E-state index < -0.39 is 0 Å². The Hall–Kier alpha value is -2.17. The lowest BCUT2D eigenvalue weighted by molar-refractivity contribution is 0.111. The Bertz CT molecular complexity index is 618. The Labute approximate surface area is 131 Å². The molecule has 0 bridgehead atoms. The number of carbonyl (C=O) groups is 1. The number of benzene rings is 1. The molecule has 0 saturated heterocycles. The number of hydrogen-bond acceptors (Lipinski definition) is 4. The molecule has 22 heavy (non-hydrogen) atoms. The fraction of sp³-hybridized carbons (Fsp3) is 0.471. The minimum Gasteiger partial charge on any atom is -0.492 e. The molecule has 0 atom stereocenters. The maximum Gasteiger partial charge on any atom is 0.172 e. The van der Waals surface area contributed by atoms with Gasteiger partial charge in [0.2, 0.25) is 0 Å². The van der Waals surface area contributed by atoms with E-state index in [0.717, 1.165) is 30.6 Å². The molecule has 5 heteroatoms. The minimum absolute atomic E-state index is 0.300. The molecule has 0 spiro atoms. The van der Waals surface area contributed by atoms with Crippen molar-refractivity contribution in [1.29, 1.82) is 0 Å². The fourth-order valence-electron chi connectivity index (χ4n) is 2.63. The van der Waals surface area contributed by atoms with Gasteiger partial charge in [-0.05, 0) is 37.5 Å². The third-order valence-electron chi connectivity index (χ3n) is 3.85. The van der Waals surface area contributed by atoms with Gasteiger partial charge in [0, 0.05) is 5.92 Å². The average molecular weight is 301 g/mol. The molecule has 0 aliphatic heterocycles.